The Morgan fingerprint density at radius 3 is 1.27 bits per heavy atom. The number of nitrogens with two attached hydrogens (primary N) is 7. The zero-order chi connectivity index (χ0) is 79.8. The predicted molar refractivity (Wildman–Crippen MR) is 391 cm³/mol. The van der Waals surface area contributed by atoms with Gasteiger partial charge in [0.05, 0.1) is 13.0 Å². The van der Waals surface area contributed by atoms with Gasteiger partial charge in [0.1, 0.15) is 66.5 Å². The van der Waals surface area contributed by atoms with Gasteiger partial charge >= 0.3 is 5.97 Å². The van der Waals surface area contributed by atoms with E-state index in [1.807, 2.05) is 0 Å². The van der Waals surface area contributed by atoms with Crippen LogP contribution in [0, 0.1) is 29.6 Å². The molecular formula is C69H122N20O17. The SMILES string of the molecule is CC[C@H](C)[C@H](NC(=O)[C@H](CCC(=O)O)NC(=O)[C@H](CCCCN)NC(=O)CNC(=O)[C@H](CC(N)=O)NC(=O)[C@@H](NC(=O)[C@H](CCCN)NC(=O)[C@@H](NC(=O)[C@H](CC1CCCCC1)NC(=O)[C@H](CCCN=C(N)N)NC(C)=O)C(C)C)C(C)C)C(=O)N[C@@H](CC1CCCCC1)C(=O)N[C@@H](CCC(N)=O)C(N)=O. The fourth-order valence-corrected chi connectivity index (χ4v) is 12.5. The highest BCUT2D eigenvalue weighted by atomic mass is 16.4. The van der Waals surface area contributed by atoms with Gasteiger partial charge in [0.2, 0.25) is 88.6 Å². The number of aliphatic carboxylic acids is 1. The van der Waals surface area contributed by atoms with Crippen molar-refractivity contribution in [2.24, 2.45) is 74.7 Å². The Morgan fingerprint density at radius 1 is 0.415 bits per heavy atom. The van der Waals surface area contributed by atoms with E-state index in [2.05, 4.69) is 68.8 Å². The second-order valence-electron chi connectivity index (χ2n) is 28.4. The van der Waals surface area contributed by atoms with Gasteiger partial charge < -0.3 is 109 Å². The van der Waals surface area contributed by atoms with Crippen molar-refractivity contribution in [2.75, 3.05) is 26.2 Å². The maximum atomic E-state index is 14.4. The van der Waals surface area contributed by atoms with Gasteiger partial charge in [0.15, 0.2) is 5.96 Å². The molecule has 0 aromatic heterocycles. The Labute approximate surface area is 620 Å². The molecule has 0 radical (unpaired) electrons. The van der Waals surface area contributed by atoms with Crippen molar-refractivity contribution in [2.45, 2.75) is 275 Å². The standard InChI is InChI=1S/C69H122N20O17/c1-8-39(6)57(68(106)85-48(33-41-19-11-9-12-20-41)64(102)81-43(58(74)96)26-28-51(72)91)89-63(101)47(27-29-54(94)95)82-61(99)45(23-15-16-30-70)80-53(93)36-78-59(97)50(35-52(73)92)86-67(105)56(38(4)5)87-62(100)46(24-17-31-71)83-66(104)55(37(2)3)88-65(103)49(34-42-21-13-10-14-22-42)84-60(98)44(79-40(7)90)25-18-32-77-69(75)76/h37-39,41-50,55-57H,8-36,70-71H2,1-7H3,(H2,72,91)(H2,73,92)(H2,74,96)(H,78,97)(H,79,90)(H,80,93)(H,81,102)(H,82,99)(H,83,104)(H,84,98)(H,85,106)(H,86,105)(H,87,100)(H,88,103)(H,89,101)(H,94,95)(H4,75,76,77)/t39-,43-,44-,45-,46-,47-,48-,49-,50-,55-,56-,57-/m0/s1. The third kappa shape index (κ3) is 36.1. The van der Waals surface area contributed by atoms with Crippen LogP contribution in [0.5, 0.6) is 0 Å². The van der Waals surface area contributed by atoms with Crippen molar-refractivity contribution in [3.63, 3.8) is 0 Å². The molecule has 12 atom stereocenters. The molecule has 106 heavy (non-hydrogen) atoms. The van der Waals surface area contributed by atoms with Crippen LogP contribution in [-0.2, 0) is 76.7 Å². The van der Waals surface area contributed by atoms with Crippen molar-refractivity contribution in [3.05, 3.63) is 0 Å². The van der Waals surface area contributed by atoms with E-state index in [1.165, 1.54) is 6.92 Å². The number of aliphatic imine (C=N–C) groups is 1. The number of unbranched alkanes of at least 4 members (excludes halogenated alkanes) is 1. The van der Waals surface area contributed by atoms with Gasteiger partial charge in [-0.15, -0.1) is 0 Å². The summed E-state index contributed by atoms with van der Waals surface area (Å²) < 4.78 is 0. The molecule has 0 saturated heterocycles. The van der Waals surface area contributed by atoms with Crippen LogP contribution < -0.4 is 104 Å². The highest BCUT2D eigenvalue weighted by Gasteiger charge is 2.39. The minimum atomic E-state index is -1.77. The molecule has 2 aliphatic rings. The molecule has 15 amide bonds. The number of carbonyl (C=O) groups excluding carboxylic acids is 15. The van der Waals surface area contributed by atoms with Crippen LogP contribution in [0.4, 0.5) is 0 Å². The van der Waals surface area contributed by atoms with E-state index in [0.29, 0.717) is 12.8 Å². The highest BCUT2D eigenvalue weighted by Crippen LogP contribution is 2.29. The zero-order valence-electron chi connectivity index (χ0n) is 62.7. The van der Waals surface area contributed by atoms with E-state index >= 15 is 0 Å². The number of guanidine groups is 1. The first kappa shape index (κ1) is 92.8. The lowest BCUT2D eigenvalue weighted by Crippen LogP contribution is -2.61. The molecule has 0 spiro atoms. The van der Waals surface area contributed by atoms with Crippen LogP contribution in [0.3, 0.4) is 0 Å². The summed E-state index contributed by atoms with van der Waals surface area (Å²) >= 11 is 0. The van der Waals surface area contributed by atoms with Gasteiger partial charge in [-0.25, -0.2) is 0 Å². The number of amides is 15. The van der Waals surface area contributed by atoms with Gasteiger partial charge in [0, 0.05) is 26.3 Å². The molecule has 600 valence electrons. The van der Waals surface area contributed by atoms with E-state index in [4.69, 9.17) is 40.1 Å². The van der Waals surface area contributed by atoms with Crippen LogP contribution in [0.1, 0.15) is 209 Å². The van der Waals surface area contributed by atoms with Gasteiger partial charge in [0.25, 0.3) is 0 Å². The lowest BCUT2D eigenvalue weighted by Gasteiger charge is -2.31. The Kier molecular flexibility index (Phi) is 43.3. The fourth-order valence-electron chi connectivity index (χ4n) is 12.5. The molecule has 2 saturated carbocycles. The van der Waals surface area contributed by atoms with E-state index in [0.717, 1.165) is 64.2 Å². The van der Waals surface area contributed by atoms with Gasteiger partial charge in [-0.2, -0.15) is 0 Å². The molecule has 0 bridgehead atoms. The zero-order valence-corrected chi connectivity index (χ0v) is 62.7. The van der Waals surface area contributed by atoms with Crippen LogP contribution >= 0.6 is 0 Å². The lowest BCUT2D eigenvalue weighted by molar-refractivity contribution is -0.139. The van der Waals surface area contributed by atoms with Crippen LogP contribution in [-0.4, -0.2) is 198 Å². The van der Waals surface area contributed by atoms with Crippen LogP contribution in [0.15, 0.2) is 4.99 Å². The van der Waals surface area contributed by atoms with E-state index < -0.39 is 205 Å². The summed E-state index contributed by atoms with van der Waals surface area (Å²) in [5.41, 5.74) is 38.9. The summed E-state index contributed by atoms with van der Waals surface area (Å²) in [5.74, 6) is -16.5. The molecule has 2 rings (SSSR count). The van der Waals surface area contributed by atoms with Crippen LogP contribution in [0.25, 0.3) is 0 Å². The predicted octanol–water partition coefficient (Wildman–Crippen LogP) is -3.83. The summed E-state index contributed by atoms with van der Waals surface area (Å²) in [6.45, 7) is 10.5. The first-order chi connectivity index (χ1) is 50.0. The second-order valence-corrected chi connectivity index (χ2v) is 28.4. The van der Waals surface area contributed by atoms with Crippen molar-refractivity contribution in [1.29, 1.82) is 0 Å². The minimum Gasteiger partial charge on any atom is -0.481 e. The van der Waals surface area contributed by atoms with E-state index in [1.54, 1.807) is 41.5 Å². The second kappa shape index (κ2) is 49.5. The smallest absolute Gasteiger partial charge is 0.303 e. The normalized spacial score (nSPS) is 16.6. The summed E-state index contributed by atoms with van der Waals surface area (Å²) in [6.07, 6.45) is 7.80. The van der Waals surface area contributed by atoms with Crippen molar-refractivity contribution in [1.82, 2.24) is 63.8 Å². The number of carboxylic acids is 1. The number of primary amides is 3. The van der Waals surface area contributed by atoms with Gasteiger partial charge in [-0.05, 0) is 113 Å². The molecule has 37 heteroatoms. The Hall–Kier alpha value is -9.29. The topological polar surface area (TPSA) is 632 Å². The average molecular weight is 1500 g/mol. The van der Waals surface area contributed by atoms with E-state index in [9.17, 15) is 81.8 Å². The Bertz CT molecular complexity index is 2980. The van der Waals surface area contributed by atoms with E-state index in [-0.39, 0.29) is 102 Å². The Morgan fingerprint density at radius 2 is 0.811 bits per heavy atom. The number of hydrogen-bond donors (Lipinski definition) is 20. The fraction of sp³-hybridized carbons (Fsp3) is 0.754. The molecule has 0 unspecified atom stereocenters. The molecule has 27 N–H and O–H groups in total. The third-order valence-electron chi connectivity index (χ3n) is 18.8. The molecule has 37 nitrogen and oxygen atoms in total. The average Bonchev–Trinajstić information content (AvgIpc) is 0.846. The van der Waals surface area contributed by atoms with Crippen LogP contribution in [0.2, 0.25) is 0 Å². The number of rotatable bonds is 51. The highest BCUT2D eigenvalue weighted by molar-refractivity contribution is 6.00. The number of carboxylic acid groups (broad SMARTS) is 1. The quantitative estimate of drug-likeness (QED) is 0.0158. The molecule has 0 aromatic rings. The number of hydrogen-bond acceptors (Lipinski definition) is 19. The number of nitrogens with zero attached hydrogens (tertiary/aromatic N) is 1. The van der Waals surface area contributed by atoms with Gasteiger partial charge in [-0.3, -0.25) is 81.7 Å². The first-order valence-corrected chi connectivity index (χ1v) is 37.1. The summed E-state index contributed by atoms with van der Waals surface area (Å²) in [5, 5.41) is 40.7. The molecule has 0 aliphatic heterocycles. The summed E-state index contributed by atoms with van der Waals surface area (Å²) in [7, 11) is 0. The molecule has 0 aromatic carbocycles. The molecular weight excluding hydrogens is 1380 g/mol. The number of carbonyl (C=O) groups is 16. The maximum absolute atomic E-state index is 14.4. The summed E-state index contributed by atoms with van der Waals surface area (Å²) in [6, 6.07) is -15.2. The number of nitrogens with one attached hydrogen (secondary N) is 12. The van der Waals surface area contributed by atoms with Crippen molar-refractivity contribution >= 4 is 101 Å². The minimum absolute atomic E-state index is 0.0138. The first-order valence-electron chi connectivity index (χ1n) is 37.1. The molecule has 2 fully saturated rings. The Balaban J connectivity index is 2.37. The molecule has 0 heterocycles. The summed E-state index contributed by atoms with van der Waals surface area (Å²) in [4.78, 5) is 220. The van der Waals surface area contributed by atoms with Crippen molar-refractivity contribution < 1.29 is 81.8 Å². The third-order valence-corrected chi connectivity index (χ3v) is 18.8. The largest absolute Gasteiger partial charge is 0.481 e. The molecule has 2 aliphatic carbocycles. The van der Waals surface area contributed by atoms with Gasteiger partial charge in [-0.1, -0.05) is 112 Å². The lowest BCUT2D eigenvalue weighted by atomic mass is 9.84. The maximum Gasteiger partial charge on any atom is 0.303 e. The monoisotopic (exact) mass is 1500 g/mol. The van der Waals surface area contributed by atoms with Crippen molar-refractivity contribution in [3.8, 4) is 0 Å².